The molecule has 5 nitrogen and oxygen atoms in total. The van der Waals surface area contributed by atoms with Gasteiger partial charge in [0.05, 0.1) is 12.1 Å². The number of hydrogen-bond acceptors (Lipinski definition) is 4. The minimum atomic E-state index is -1.05. The van der Waals surface area contributed by atoms with Crippen LogP contribution in [0.25, 0.3) is 11.1 Å². The third kappa shape index (κ3) is 10.1. The van der Waals surface area contributed by atoms with Crippen LogP contribution in [0.4, 0.5) is 13.6 Å². The number of halogens is 2. The van der Waals surface area contributed by atoms with Crippen molar-refractivity contribution in [2.24, 2.45) is 5.92 Å². The maximum Gasteiger partial charge on any atom is 0.407 e. The molecule has 1 amide bonds. The Hall–Kier alpha value is -3.29. The first-order chi connectivity index (χ1) is 18.4. The zero-order valence-electron chi connectivity index (χ0n) is 23.4. The van der Waals surface area contributed by atoms with Gasteiger partial charge in [0.1, 0.15) is 17.2 Å². The van der Waals surface area contributed by atoms with Crippen molar-refractivity contribution in [2.75, 3.05) is 6.54 Å². The Morgan fingerprint density at radius 3 is 2.21 bits per heavy atom. The number of carbonyl (C=O) groups excluding carboxylic acids is 1. The van der Waals surface area contributed by atoms with Crippen LogP contribution in [0.2, 0.25) is 0 Å². The largest absolute Gasteiger partial charge is 0.444 e. The molecule has 3 rings (SSSR count). The Morgan fingerprint density at radius 1 is 0.923 bits per heavy atom. The van der Waals surface area contributed by atoms with Crippen LogP contribution in [-0.4, -0.2) is 35.5 Å². The quantitative estimate of drug-likeness (QED) is 0.264. The second-order valence-corrected chi connectivity index (χ2v) is 11.4. The Bertz CT molecular complexity index is 1210. The summed E-state index contributed by atoms with van der Waals surface area (Å²) in [6, 6.07) is 18.9. The van der Waals surface area contributed by atoms with Gasteiger partial charge in [-0.25, -0.2) is 13.6 Å². The Labute approximate surface area is 230 Å². The van der Waals surface area contributed by atoms with Crippen molar-refractivity contribution < 1.29 is 23.4 Å². The molecule has 3 aromatic rings. The SMILES string of the molecule is CC(C)Cc1ccc(-c2ccccc2)c(CNCC(O)C(Cc2cc(F)cc(F)c2)NC(=O)OC(C)(C)C)c1. The molecular weight excluding hydrogens is 498 g/mol. The lowest BCUT2D eigenvalue weighted by Gasteiger charge is -2.27. The van der Waals surface area contributed by atoms with E-state index < -0.39 is 35.5 Å². The summed E-state index contributed by atoms with van der Waals surface area (Å²) in [6.45, 7) is 10.2. The normalized spacial score (nSPS) is 13.3. The van der Waals surface area contributed by atoms with Crippen molar-refractivity contribution in [1.82, 2.24) is 10.6 Å². The minimum Gasteiger partial charge on any atom is -0.444 e. The second-order valence-electron chi connectivity index (χ2n) is 11.4. The van der Waals surface area contributed by atoms with Crippen molar-refractivity contribution in [2.45, 2.75) is 71.8 Å². The third-order valence-corrected chi connectivity index (χ3v) is 6.11. The fourth-order valence-corrected chi connectivity index (χ4v) is 4.51. The molecule has 3 aromatic carbocycles. The number of rotatable bonds is 11. The standard InChI is InChI=1S/C32H40F2N2O3/c1-21(2)13-22-11-12-28(24-9-7-6-8-10-24)25(14-22)19-35-20-30(37)29(36-31(38)39-32(3,4)5)17-23-15-26(33)18-27(34)16-23/h6-12,14-16,18,21,29-30,35,37H,13,17,19-20H2,1-5H3,(H,36,38). The zero-order chi connectivity index (χ0) is 28.6. The average molecular weight is 539 g/mol. The van der Waals surface area contributed by atoms with Gasteiger partial charge in [0, 0.05) is 19.2 Å². The molecule has 0 spiro atoms. The van der Waals surface area contributed by atoms with E-state index in [2.05, 4.69) is 54.8 Å². The molecule has 7 heteroatoms. The topological polar surface area (TPSA) is 70.6 Å². The molecule has 0 radical (unpaired) electrons. The molecule has 0 aromatic heterocycles. The summed E-state index contributed by atoms with van der Waals surface area (Å²) in [4.78, 5) is 12.5. The van der Waals surface area contributed by atoms with Gasteiger partial charge in [0.15, 0.2) is 0 Å². The Morgan fingerprint density at radius 2 is 1.59 bits per heavy atom. The molecular formula is C32H40F2N2O3. The van der Waals surface area contributed by atoms with E-state index in [4.69, 9.17) is 4.74 Å². The predicted octanol–water partition coefficient (Wildman–Crippen LogP) is 6.42. The number of aliphatic hydroxyl groups excluding tert-OH is 1. The van der Waals surface area contributed by atoms with E-state index in [0.717, 1.165) is 29.2 Å². The Kier molecular flexibility index (Phi) is 10.6. The highest BCUT2D eigenvalue weighted by Crippen LogP contribution is 2.26. The van der Waals surface area contributed by atoms with E-state index in [1.807, 2.05) is 18.2 Å². The van der Waals surface area contributed by atoms with Gasteiger partial charge in [0.2, 0.25) is 0 Å². The van der Waals surface area contributed by atoms with Crippen LogP contribution in [0.1, 0.15) is 51.3 Å². The molecule has 210 valence electrons. The number of alkyl carbamates (subject to hydrolysis) is 1. The van der Waals surface area contributed by atoms with Crippen LogP contribution in [0.15, 0.2) is 66.7 Å². The van der Waals surface area contributed by atoms with Gasteiger partial charge in [-0.2, -0.15) is 0 Å². The van der Waals surface area contributed by atoms with E-state index in [1.54, 1.807) is 20.8 Å². The van der Waals surface area contributed by atoms with E-state index >= 15 is 0 Å². The summed E-state index contributed by atoms with van der Waals surface area (Å²) in [5.41, 5.74) is 4.11. The smallest absolute Gasteiger partial charge is 0.407 e. The number of aliphatic hydroxyl groups is 1. The van der Waals surface area contributed by atoms with Gasteiger partial charge in [-0.15, -0.1) is 0 Å². The van der Waals surface area contributed by atoms with Crippen LogP contribution in [0.3, 0.4) is 0 Å². The van der Waals surface area contributed by atoms with Gasteiger partial charge < -0.3 is 20.5 Å². The summed E-state index contributed by atoms with van der Waals surface area (Å²) >= 11 is 0. The van der Waals surface area contributed by atoms with Crippen molar-refractivity contribution in [3.05, 3.63) is 95.1 Å². The first-order valence-electron chi connectivity index (χ1n) is 13.4. The fourth-order valence-electron chi connectivity index (χ4n) is 4.51. The van der Waals surface area contributed by atoms with E-state index in [-0.39, 0.29) is 13.0 Å². The molecule has 0 aliphatic heterocycles. The maximum absolute atomic E-state index is 13.8. The first-order valence-corrected chi connectivity index (χ1v) is 13.4. The van der Waals surface area contributed by atoms with Gasteiger partial charge >= 0.3 is 6.09 Å². The summed E-state index contributed by atoms with van der Waals surface area (Å²) in [5.74, 6) is -0.922. The molecule has 0 saturated heterocycles. The van der Waals surface area contributed by atoms with E-state index in [0.29, 0.717) is 18.0 Å². The highest BCUT2D eigenvalue weighted by molar-refractivity contribution is 5.68. The molecule has 0 aliphatic carbocycles. The molecule has 0 aliphatic rings. The van der Waals surface area contributed by atoms with Crippen LogP contribution >= 0.6 is 0 Å². The maximum atomic E-state index is 13.8. The molecule has 0 fully saturated rings. The highest BCUT2D eigenvalue weighted by atomic mass is 19.1. The molecule has 3 N–H and O–H groups in total. The predicted molar refractivity (Wildman–Crippen MR) is 151 cm³/mol. The molecule has 39 heavy (non-hydrogen) atoms. The van der Waals surface area contributed by atoms with Crippen molar-refractivity contribution in [3.63, 3.8) is 0 Å². The molecule has 0 heterocycles. The molecule has 2 atom stereocenters. The van der Waals surface area contributed by atoms with Gasteiger partial charge in [-0.3, -0.25) is 0 Å². The number of benzene rings is 3. The lowest BCUT2D eigenvalue weighted by atomic mass is 9.94. The number of ether oxygens (including phenoxy) is 1. The van der Waals surface area contributed by atoms with Gasteiger partial charge in [-0.05, 0) is 79.5 Å². The number of amides is 1. The molecule has 0 saturated carbocycles. The van der Waals surface area contributed by atoms with Gasteiger partial charge in [-0.1, -0.05) is 62.4 Å². The monoisotopic (exact) mass is 538 g/mol. The van der Waals surface area contributed by atoms with Crippen LogP contribution < -0.4 is 10.6 Å². The lowest BCUT2D eigenvalue weighted by molar-refractivity contribution is 0.0422. The first kappa shape index (κ1) is 30.3. The number of hydrogen-bond donors (Lipinski definition) is 3. The van der Waals surface area contributed by atoms with E-state index in [9.17, 15) is 18.7 Å². The van der Waals surface area contributed by atoms with Crippen molar-refractivity contribution in [1.29, 1.82) is 0 Å². The minimum absolute atomic E-state index is 0.0237. The van der Waals surface area contributed by atoms with Gasteiger partial charge in [0.25, 0.3) is 0 Å². The average Bonchev–Trinajstić information content (AvgIpc) is 2.82. The number of nitrogens with one attached hydrogen (secondary N) is 2. The van der Waals surface area contributed by atoms with E-state index in [1.165, 1.54) is 17.7 Å². The third-order valence-electron chi connectivity index (χ3n) is 6.11. The fraction of sp³-hybridized carbons (Fsp3) is 0.406. The Balaban J connectivity index is 1.76. The summed E-state index contributed by atoms with van der Waals surface area (Å²) in [5, 5.41) is 17.1. The highest BCUT2D eigenvalue weighted by Gasteiger charge is 2.25. The van der Waals surface area contributed by atoms with Crippen LogP contribution in [0, 0.1) is 17.6 Å². The summed E-state index contributed by atoms with van der Waals surface area (Å²) in [7, 11) is 0. The number of carbonyl (C=O) groups is 1. The summed E-state index contributed by atoms with van der Waals surface area (Å²) < 4.78 is 33.0. The second kappa shape index (κ2) is 13.7. The molecule has 0 bridgehead atoms. The summed E-state index contributed by atoms with van der Waals surface area (Å²) in [6.07, 6.45) is -0.786. The van der Waals surface area contributed by atoms with Crippen LogP contribution in [-0.2, 0) is 24.1 Å². The lowest BCUT2D eigenvalue weighted by Crippen LogP contribution is -2.50. The van der Waals surface area contributed by atoms with Crippen LogP contribution in [0.5, 0.6) is 0 Å². The molecule has 2 unspecified atom stereocenters. The van der Waals surface area contributed by atoms with Crippen molar-refractivity contribution >= 4 is 6.09 Å². The van der Waals surface area contributed by atoms with Crippen molar-refractivity contribution in [3.8, 4) is 11.1 Å². The zero-order valence-corrected chi connectivity index (χ0v) is 23.4.